The predicted molar refractivity (Wildman–Crippen MR) is 67.8 cm³/mol. The molecule has 0 aromatic carbocycles. The molecule has 0 aliphatic rings. The van der Waals surface area contributed by atoms with Gasteiger partial charge < -0.3 is 10.4 Å². The highest BCUT2D eigenvalue weighted by atomic mass is 32.1. The monoisotopic (exact) mass is 254 g/mol. The standard InChI is InChI=1S/C11H14N2OS2/c1-8(11-5-12-7-16-11)13-4-10(14)9-2-3-15-6-9/h2-3,5-8,10,13-14H,4H2,1H3. The van der Waals surface area contributed by atoms with Crippen LogP contribution in [0.4, 0.5) is 0 Å². The molecule has 0 fully saturated rings. The molecule has 0 saturated carbocycles. The summed E-state index contributed by atoms with van der Waals surface area (Å²) in [5, 5.41) is 17.1. The molecule has 5 heteroatoms. The van der Waals surface area contributed by atoms with E-state index >= 15 is 0 Å². The van der Waals surface area contributed by atoms with Gasteiger partial charge >= 0.3 is 0 Å². The fourth-order valence-corrected chi connectivity index (χ4v) is 2.77. The number of thiazole rings is 1. The zero-order valence-corrected chi connectivity index (χ0v) is 10.6. The number of aliphatic hydroxyl groups is 1. The third-order valence-corrected chi connectivity index (χ3v) is 4.08. The van der Waals surface area contributed by atoms with Crippen molar-refractivity contribution in [3.8, 4) is 0 Å². The Balaban J connectivity index is 1.84. The van der Waals surface area contributed by atoms with Crippen LogP contribution in [-0.2, 0) is 0 Å². The van der Waals surface area contributed by atoms with Crippen molar-refractivity contribution in [2.24, 2.45) is 0 Å². The molecule has 3 nitrogen and oxygen atoms in total. The van der Waals surface area contributed by atoms with Gasteiger partial charge in [0.25, 0.3) is 0 Å². The second-order valence-electron chi connectivity index (χ2n) is 3.61. The van der Waals surface area contributed by atoms with E-state index in [0.717, 1.165) is 5.56 Å². The van der Waals surface area contributed by atoms with E-state index in [0.29, 0.717) is 6.54 Å². The molecule has 0 amide bonds. The van der Waals surface area contributed by atoms with Crippen LogP contribution in [0.2, 0.25) is 0 Å². The Kier molecular flexibility index (Phi) is 4.06. The largest absolute Gasteiger partial charge is 0.387 e. The molecule has 16 heavy (non-hydrogen) atoms. The first kappa shape index (κ1) is 11.7. The highest BCUT2D eigenvalue weighted by Gasteiger charge is 2.11. The van der Waals surface area contributed by atoms with E-state index in [1.807, 2.05) is 28.5 Å². The second-order valence-corrected chi connectivity index (χ2v) is 5.30. The van der Waals surface area contributed by atoms with Gasteiger partial charge in [0, 0.05) is 23.7 Å². The van der Waals surface area contributed by atoms with Gasteiger partial charge in [0.05, 0.1) is 11.6 Å². The van der Waals surface area contributed by atoms with Crippen molar-refractivity contribution in [3.63, 3.8) is 0 Å². The fraction of sp³-hybridized carbons (Fsp3) is 0.364. The zero-order valence-electron chi connectivity index (χ0n) is 8.96. The van der Waals surface area contributed by atoms with Gasteiger partial charge in [-0.3, -0.25) is 4.98 Å². The number of nitrogens with zero attached hydrogens (tertiary/aromatic N) is 1. The van der Waals surface area contributed by atoms with Crippen LogP contribution < -0.4 is 5.32 Å². The number of rotatable bonds is 5. The maximum absolute atomic E-state index is 9.89. The molecule has 0 saturated heterocycles. The maximum atomic E-state index is 9.89. The Morgan fingerprint density at radius 3 is 3.06 bits per heavy atom. The molecule has 0 radical (unpaired) electrons. The third kappa shape index (κ3) is 2.89. The van der Waals surface area contributed by atoms with Gasteiger partial charge in [-0.2, -0.15) is 11.3 Å². The van der Waals surface area contributed by atoms with Crippen LogP contribution in [0.3, 0.4) is 0 Å². The van der Waals surface area contributed by atoms with Gasteiger partial charge in [0.15, 0.2) is 0 Å². The van der Waals surface area contributed by atoms with Crippen molar-refractivity contribution in [3.05, 3.63) is 39.0 Å². The van der Waals surface area contributed by atoms with Crippen LogP contribution in [0, 0.1) is 0 Å². The van der Waals surface area contributed by atoms with Crippen molar-refractivity contribution < 1.29 is 5.11 Å². The van der Waals surface area contributed by atoms with Crippen LogP contribution >= 0.6 is 22.7 Å². The first-order valence-corrected chi connectivity index (χ1v) is 6.91. The highest BCUT2D eigenvalue weighted by Crippen LogP contribution is 2.19. The molecule has 86 valence electrons. The maximum Gasteiger partial charge on any atom is 0.0922 e. The average Bonchev–Trinajstić information content (AvgIpc) is 2.95. The molecular weight excluding hydrogens is 240 g/mol. The molecule has 2 aromatic heterocycles. The summed E-state index contributed by atoms with van der Waals surface area (Å²) < 4.78 is 0. The van der Waals surface area contributed by atoms with Crippen molar-refractivity contribution in [2.75, 3.05) is 6.54 Å². The van der Waals surface area contributed by atoms with E-state index in [4.69, 9.17) is 0 Å². The van der Waals surface area contributed by atoms with E-state index in [1.54, 1.807) is 22.7 Å². The first-order valence-electron chi connectivity index (χ1n) is 5.09. The van der Waals surface area contributed by atoms with Crippen molar-refractivity contribution in [1.29, 1.82) is 0 Å². The summed E-state index contributed by atoms with van der Waals surface area (Å²) in [5.41, 5.74) is 2.80. The number of nitrogens with one attached hydrogen (secondary N) is 1. The molecule has 0 spiro atoms. The molecular formula is C11H14N2OS2. The molecule has 2 rings (SSSR count). The van der Waals surface area contributed by atoms with E-state index in [-0.39, 0.29) is 6.04 Å². The fourth-order valence-electron chi connectivity index (χ4n) is 1.41. The smallest absolute Gasteiger partial charge is 0.0922 e. The first-order chi connectivity index (χ1) is 7.77. The Bertz CT molecular complexity index is 359. The Hall–Kier alpha value is -0.750. The van der Waals surface area contributed by atoms with Crippen molar-refractivity contribution in [2.45, 2.75) is 19.1 Å². The molecule has 0 aliphatic carbocycles. The van der Waals surface area contributed by atoms with Gasteiger partial charge in [-0.05, 0) is 29.3 Å². The number of thiophene rings is 1. The lowest BCUT2D eigenvalue weighted by molar-refractivity contribution is 0.171. The highest BCUT2D eigenvalue weighted by molar-refractivity contribution is 7.09. The lowest BCUT2D eigenvalue weighted by Gasteiger charge is -2.15. The van der Waals surface area contributed by atoms with Crippen LogP contribution in [0.1, 0.15) is 29.5 Å². The molecule has 0 bridgehead atoms. The van der Waals surface area contributed by atoms with Crippen LogP contribution in [0.5, 0.6) is 0 Å². The quantitative estimate of drug-likeness (QED) is 0.862. The zero-order chi connectivity index (χ0) is 11.4. The van der Waals surface area contributed by atoms with Crippen LogP contribution in [0.15, 0.2) is 28.5 Å². The summed E-state index contributed by atoms with van der Waals surface area (Å²) in [7, 11) is 0. The summed E-state index contributed by atoms with van der Waals surface area (Å²) in [6.45, 7) is 2.64. The lowest BCUT2D eigenvalue weighted by Crippen LogP contribution is -2.23. The van der Waals surface area contributed by atoms with E-state index in [2.05, 4.69) is 17.2 Å². The Morgan fingerprint density at radius 2 is 2.44 bits per heavy atom. The average molecular weight is 254 g/mol. The lowest BCUT2D eigenvalue weighted by atomic mass is 10.2. The summed E-state index contributed by atoms with van der Waals surface area (Å²) in [5.74, 6) is 0. The molecule has 2 heterocycles. The molecule has 2 N–H and O–H groups in total. The second kappa shape index (κ2) is 5.54. The Labute approximate surface area is 103 Å². The minimum atomic E-state index is -0.429. The van der Waals surface area contributed by atoms with Crippen LogP contribution in [0.25, 0.3) is 0 Å². The Morgan fingerprint density at radius 1 is 1.56 bits per heavy atom. The SMILES string of the molecule is CC(NCC(O)c1ccsc1)c1cncs1. The molecule has 2 aromatic rings. The minimum Gasteiger partial charge on any atom is -0.387 e. The summed E-state index contributed by atoms with van der Waals surface area (Å²) >= 11 is 3.23. The van der Waals surface area contributed by atoms with Crippen molar-refractivity contribution in [1.82, 2.24) is 10.3 Å². The predicted octanol–water partition coefficient (Wildman–Crippen LogP) is 2.59. The van der Waals surface area contributed by atoms with Crippen molar-refractivity contribution >= 4 is 22.7 Å². The normalized spacial score (nSPS) is 14.9. The summed E-state index contributed by atoms with van der Waals surface area (Å²) in [6, 6.07) is 2.19. The number of hydrogen-bond donors (Lipinski definition) is 2. The van der Waals surface area contributed by atoms with E-state index < -0.39 is 6.10 Å². The number of hydrogen-bond acceptors (Lipinski definition) is 5. The summed E-state index contributed by atoms with van der Waals surface area (Å²) in [6.07, 6.45) is 1.43. The number of aliphatic hydroxyl groups excluding tert-OH is 1. The molecule has 0 aliphatic heterocycles. The van der Waals surface area contributed by atoms with Gasteiger partial charge in [0.2, 0.25) is 0 Å². The van der Waals surface area contributed by atoms with E-state index in [9.17, 15) is 5.11 Å². The van der Waals surface area contributed by atoms with Gasteiger partial charge in [0.1, 0.15) is 0 Å². The third-order valence-electron chi connectivity index (χ3n) is 2.42. The van der Waals surface area contributed by atoms with Crippen LogP contribution in [-0.4, -0.2) is 16.6 Å². The van der Waals surface area contributed by atoms with Gasteiger partial charge in [-0.15, -0.1) is 11.3 Å². The van der Waals surface area contributed by atoms with E-state index in [1.165, 1.54) is 4.88 Å². The van der Waals surface area contributed by atoms with Gasteiger partial charge in [-0.1, -0.05) is 0 Å². The molecule has 2 atom stereocenters. The van der Waals surface area contributed by atoms with Gasteiger partial charge in [-0.25, -0.2) is 0 Å². The molecule has 2 unspecified atom stereocenters. The summed E-state index contributed by atoms with van der Waals surface area (Å²) in [4.78, 5) is 5.23. The number of aromatic nitrogens is 1. The topological polar surface area (TPSA) is 45.1 Å². The minimum absolute atomic E-state index is 0.237.